The van der Waals surface area contributed by atoms with Crippen molar-refractivity contribution in [3.63, 3.8) is 0 Å². The molecule has 0 aliphatic carbocycles. The van der Waals surface area contributed by atoms with Crippen molar-refractivity contribution in [1.29, 1.82) is 0 Å². The van der Waals surface area contributed by atoms with Gasteiger partial charge < -0.3 is 21.5 Å². The SMILES string of the molecule is CC(C)(N)C(C)(C)C(=O)NCCOCC(N)=O. The van der Waals surface area contributed by atoms with Gasteiger partial charge in [-0.1, -0.05) is 0 Å². The first kappa shape index (κ1) is 15.9. The van der Waals surface area contributed by atoms with Crippen LogP contribution in [-0.4, -0.2) is 37.1 Å². The van der Waals surface area contributed by atoms with Crippen LogP contribution in [0.4, 0.5) is 0 Å². The molecular weight excluding hydrogens is 222 g/mol. The van der Waals surface area contributed by atoms with Gasteiger partial charge in [0.05, 0.1) is 12.0 Å². The molecule has 6 nitrogen and oxygen atoms in total. The molecule has 0 rings (SSSR count). The highest BCUT2D eigenvalue weighted by Gasteiger charge is 2.40. The third-order valence-corrected chi connectivity index (χ3v) is 2.95. The van der Waals surface area contributed by atoms with E-state index >= 15 is 0 Å². The third-order valence-electron chi connectivity index (χ3n) is 2.95. The maximum absolute atomic E-state index is 11.9. The first-order valence-electron chi connectivity index (χ1n) is 5.52. The minimum atomic E-state index is -0.684. The lowest BCUT2D eigenvalue weighted by Crippen LogP contribution is -2.55. The Bertz CT molecular complexity index is 282. The number of ether oxygens (including phenoxy) is 1. The number of carbonyl (C=O) groups excluding carboxylic acids is 2. The molecule has 6 heteroatoms. The lowest BCUT2D eigenvalue weighted by Gasteiger charge is -2.36. The van der Waals surface area contributed by atoms with Gasteiger partial charge in [-0.05, 0) is 27.7 Å². The number of hydrogen-bond acceptors (Lipinski definition) is 4. The molecule has 0 saturated heterocycles. The molecule has 0 aliphatic rings. The summed E-state index contributed by atoms with van der Waals surface area (Å²) in [5.74, 6) is -0.674. The number of carbonyl (C=O) groups is 2. The summed E-state index contributed by atoms with van der Waals surface area (Å²) >= 11 is 0. The van der Waals surface area contributed by atoms with Gasteiger partial charge in [-0.15, -0.1) is 0 Å². The molecule has 0 atom stereocenters. The molecule has 0 saturated carbocycles. The predicted octanol–water partition coefficient (Wildman–Crippen LogP) is -0.632. The lowest BCUT2D eigenvalue weighted by molar-refractivity contribution is -0.132. The molecule has 0 aromatic heterocycles. The molecule has 5 N–H and O–H groups in total. The highest BCUT2D eigenvalue weighted by atomic mass is 16.5. The summed E-state index contributed by atoms with van der Waals surface area (Å²) in [5, 5.41) is 2.71. The van der Waals surface area contributed by atoms with E-state index in [9.17, 15) is 9.59 Å². The van der Waals surface area contributed by atoms with Crippen molar-refractivity contribution < 1.29 is 14.3 Å². The average Bonchev–Trinajstić information content (AvgIpc) is 2.14. The van der Waals surface area contributed by atoms with E-state index in [-0.39, 0.29) is 19.1 Å². The standard InChI is InChI=1S/C11H23N3O3/c1-10(2,11(3,4)13)9(16)14-5-6-17-7-8(12)15/h5-7,13H2,1-4H3,(H2,12,15)(H,14,16). The number of primary amides is 1. The number of nitrogens with two attached hydrogens (primary N) is 2. The minimum Gasteiger partial charge on any atom is -0.370 e. The quantitative estimate of drug-likeness (QED) is 0.519. The zero-order chi connectivity index (χ0) is 13.7. The van der Waals surface area contributed by atoms with Gasteiger partial charge in [0.1, 0.15) is 6.61 Å². The van der Waals surface area contributed by atoms with E-state index in [1.807, 2.05) is 0 Å². The van der Waals surface area contributed by atoms with E-state index in [1.54, 1.807) is 27.7 Å². The Kier molecular flexibility index (Phi) is 5.57. The summed E-state index contributed by atoms with van der Waals surface area (Å²) in [6.45, 7) is 7.61. The van der Waals surface area contributed by atoms with Gasteiger partial charge >= 0.3 is 0 Å². The van der Waals surface area contributed by atoms with Gasteiger partial charge in [0.15, 0.2) is 0 Å². The highest BCUT2D eigenvalue weighted by Crippen LogP contribution is 2.28. The molecule has 0 heterocycles. The van der Waals surface area contributed by atoms with Crippen LogP contribution in [0.2, 0.25) is 0 Å². The average molecular weight is 245 g/mol. The second-order valence-electron chi connectivity index (χ2n) is 5.12. The largest absolute Gasteiger partial charge is 0.370 e. The van der Waals surface area contributed by atoms with Crippen LogP contribution in [-0.2, 0) is 14.3 Å². The van der Waals surface area contributed by atoms with Crippen molar-refractivity contribution >= 4 is 11.8 Å². The Hall–Kier alpha value is -1.14. The molecule has 0 fully saturated rings. The maximum atomic E-state index is 11.9. The van der Waals surface area contributed by atoms with Crippen LogP contribution in [0.3, 0.4) is 0 Å². The predicted molar refractivity (Wildman–Crippen MR) is 65.1 cm³/mol. The van der Waals surface area contributed by atoms with Crippen LogP contribution >= 0.6 is 0 Å². The molecule has 17 heavy (non-hydrogen) atoms. The summed E-state index contributed by atoms with van der Waals surface area (Å²) < 4.78 is 4.92. The Balaban J connectivity index is 3.99. The van der Waals surface area contributed by atoms with Crippen molar-refractivity contribution in [1.82, 2.24) is 5.32 Å². The number of rotatable bonds is 7. The molecule has 0 bridgehead atoms. The van der Waals surface area contributed by atoms with Crippen molar-refractivity contribution in [2.75, 3.05) is 19.8 Å². The molecule has 0 aromatic carbocycles. The van der Waals surface area contributed by atoms with E-state index in [0.717, 1.165) is 0 Å². The second kappa shape index (κ2) is 5.97. The Morgan fingerprint density at radius 3 is 2.18 bits per heavy atom. The Morgan fingerprint density at radius 1 is 1.24 bits per heavy atom. The molecule has 0 aliphatic heterocycles. The molecule has 0 spiro atoms. The summed E-state index contributed by atoms with van der Waals surface area (Å²) in [6, 6.07) is 0. The summed E-state index contributed by atoms with van der Waals surface area (Å²) in [5.41, 5.74) is 9.52. The smallest absolute Gasteiger partial charge is 0.243 e. The Labute approximate surface area is 102 Å². The van der Waals surface area contributed by atoms with E-state index in [0.29, 0.717) is 6.54 Å². The number of hydrogen-bond donors (Lipinski definition) is 3. The fourth-order valence-electron chi connectivity index (χ4n) is 0.923. The van der Waals surface area contributed by atoms with Crippen LogP contribution in [0.5, 0.6) is 0 Å². The second-order valence-corrected chi connectivity index (χ2v) is 5.12. The number of nitrogens with one attached hydrogen (secondary N) is 1. The maximum Gasteiger partial charge on any atom is 0.243 e. The van der Waals surface area contributed by atoms with Gasteiger partial charge in [0, 0.05) is 12.1 Å². The zero-order valence-electron chi connectivity index (χ0n) is 11.0. The monoisotopic (exact) mass is 245 g/mol. The molecule has 0 aromatic rings. The molecule has 0 unspecified atom stereocenters. The van der Waals surface area contributed by atoms with Crippen molar-refractivity contribution in [2.45, 2.75) is 33.2 Å². The summed E-state index contributed by atoms with van der Waals surface area (Å²) in [6.07, 6.45) is 0. The van der Waals surface area contributed by atoms with Crippen LogP contribution < -0.4 is 16.8 Å². The van der Waals surface area contributed by atoms with Crippen molar-refractivity contribution in [2.24, 2.45) is 16.9 Å². The fourth-order valence-corrected chi connectivity index (χ4v) is 0.923. The topological polar surface area (TPSA) is 107 Å². The van der Waals surface area contributed by atoms with Gasteiger partial charge in [-0.25, -0.2) is 0 Å². The molecule has 100 valence electrons. The van der Waals surface area contributed by atoms with Crippen LogP contribution in [0.25, 0.3) is 0 Å². The van der Waals surface area contributed by atoms with Crippen molar-refractivity contribution in [3.05, 3.63) is 0 Å². The lowest BCUT2D eigenvalue weighted by atomic mass is 9.74. The van der Waals surface area contributed by atoms with Gasteiger partial charge in [-0.2, -0.15) is 0 Å². The van der Waals surface area contributed by atoms with Crippen LogP contribution in [0, 0.1) is 5.41 Å². The Morgan fingerprint density at radius 2 is 1.76 bits per heavy atom. The van der Waals surface area contributed by atoms with Crippen LogP contribution in [0.1, 0.15) is 27.7 Å². The third kappa shape index (κ3) is 5.14. The first-order valence-corrected chi connectivity index (χ1v) is 5.52. The number of amides is 2. The van der Waals surface area contributed by atoms with Gasteiger partial charge in [0.25, 0.3) is 0 Å². The van der Waals surface area contributed by atoms with Gasteiger partial charge in [-0.3, -0.25) is 9.59 Å². The minimum absolute atomic E-state index is 0.137. The normalized spacial score (nSPS) is 12.3. The summed E-state index contributed by atoms with van der Waals surface area (Å²) in [4.78, 5) is 22.3. The zero-order valence-corrected chi connectivity index (χ0v) is 11.0. The van der Waals surface area contributed by atoms with Crippen molar-refractivity contribution in [3.8, 4) is 0 Å². The van der Waals surface area contributed by atoms with Crippen LogP contribution in [0.15, 0.2) is 0 Å². The first-order chi connectivity index (χ1) is 7.59. The van der Waals surface area contributed by atoms with E-state index in [4.69, 9.17) is 16.2 Å². The van der Waals surface area contributed by atoms with E-state index in [1.165, 1.54) is 0 Å². The fraction of sp³-hybridized carbons (Fsp3) is 0.818. The molecular formula is C11H23N3O3. The highest BCUT2D eigenvalue weighted by molar-refractivity contribution is 5.83. The molecule has 0 radical (unpaired) electrons. The van der Waals surface area contributed by atoms with E-state index in [2.05, 4.69) is 5.32 Å². The summed E-state index contributed by atoms with van der Waals surface area (Å²) in [7, 11) is 0. The molecule has 2 amide bonds. The van der Waals surface area contributed by atoms with Gasteiger partial charge in [0.2, 0.25) is 11.8 Å². The van der Waals surface area contributed by atoms with E-state index < -0.39 is 16.9 Å².